The van der Waals surface area contributed by atoms with Crippen LogP contribution in [0.4, 0.5) is 24.5 Å². The first-order chi connectivity index (χ1) is 16.5. The summed E-state index contributed by atoms with van der Waals surface area (Å²) in [5, 5.41) is 11.9. The van der Waals surface area contributed by atoms with Crippen LogP contribution in [0, 0.1) is 10.1 Å². The minimum absolute atomic E-state index is 0.104. The molecule has 0 atom stereocenters. The van der Waals surface area contributed by atoms with E-state index < -0.39 is 28.3 Å². The van der Waals surface area contributed by atoms with Gasteiger partial charge >= 0.3 is 11.9 Å². The van der Waals surface area contributed by atoms with Gasteiger partial charge in [0.2, 0.25) is 5.75 Å². The van der Waals surface area contributed by atoms with E-state index in [2.05, 4.69) is 0 Å². The minimum Gasteiger partial charge on any atom is -0.449 e. The molecule has 0 spiro atoms. The van der Waals surface area contributed by atoms with Gasteiger partial charge in [-0.3, -0.25) is 19.8 Å². The lowest BCUT2D eigenvalue weighted by Gasteiger charge is -2.14. The molecule has 1 heterocycles. The standard InChI is InChI=1S/C23H12ClF3N2O4S2/c24-15-6-8-16(9-7-15)28-21(30)20(35-22(28)34)11-13-3-1-2-4-18(13)33-19-10-5-14(23(25,26)27)12-17(19)29(31)32/h1-12H/b20-11-. The summed E-state index contributed by atoms with van der Waals surface area (Å²) in [6, 6.07) is 14.9. The molecular formula is C23H12ClF3N2O4S2. The SMILES string of the molecule is O=C1/C(=C/c2ccccc2Oc2ccc(C(F)(F)F)cc2[N+](=O)[O-])SC(=S)N1c1ccc(Cl)cc1. The van der Waals surface area contributed by atoms with E-state index in [1.165, 1.54) is 17.0 Å². The Kier molecular flexibility index (Phi) is 6.84. The number of amides is 1. The van der Waals surface area contributed by atoms with Crippen molar-refractivity contribution in [1.29, 1.82) is 0 Å². The Balaban J connectivity index is 1.67. The number of benzene rings is 3. The quantitative estimate of drug-likeness (QED) is 0.146. The van der Waals surface area contributed by atoms with Gasteiger partial charge in [0, 0.05) is 16.7 Å². The van der Waals surface area contributed by atoms with Crippen molar-refractivity contribution in [2.45, 2.75) is 6.18 Å². The highest BCUT2D eigenvalue weighted by Crippen LogP contribution is 2.40. The number of nitrogens with zero attached hydrogens (tertiary/aromatic N) is 2. The molecule has 0 bridgehead atoms. The average molecular weight is 537 g/mol. The molecule has 0 aliphatic carbocycles. The number of rotatable bonds is 5. The molecule has 1 aliphatic rings. The van der Waals surface area contributed by atoms with Gasteiger partial charge in [0.05, 0.1) is 21.1 Å². The normalized spacial score (nSPS) is 15.1. The maximum Gasteiger partial charge on any atom is 0.416 e. The molecule has 178 valence electrons. The van der Waals surface area contributed by atoms with Gasteiger partial charge in [0.25, 0.3) is 5.91 Å². The van der Waals surface area contributed by atoms with Crippen LogP contribution in [0.3, 0.4) is 0 Å². The molecule has 1 fully saturated rings. The van der Waals surface area contributed by atoms with Crippen molar-refractivity contribution >= 4 is 63.3 Å². The molecule has 6 nitrogen and oxygen atoms in total. The number of thioether (sulfide) groups is 1. The fraction of sp³-hybridized carbons (Fsp3) is 0.0435. The number of nitro benzene ring substituents is 1. The Morgan fingerprint density at radius 1 is 1.06 bits per heavy atom. The fourth-order valence-electron chi connectivity index (χ4n) is 3.16. The number of hydrogen-bond donors (Lipinski definition) is 0. The van der Waals surface area contributed by atoms with E-state index >= 15 is 0 Å². The zero-order chi connectivity index (χ0) is 25.3. The van der Waals surface area contributed by atoms with Crippen LogP contribution in [-0.4, -0.2) is 15.2 Å². The summed E-state index contributed by atoms with van der Waals surface area (Å²) in [5.74, 6) is -0.665. The first-order valence-corrected chi connectivity index (χ1v) is 11.3. The van der Waals surface area contributed by atoms with Crippen molar-refractivity contribution in [2.24, 2.45) is 0 Å². The number of ether oxygens (including phenoxy) is 1. The second-order valence-corrected chi connectivity index (χ2v) is 9.18. The summed E-state index contributed by atoms with van der Waals surface area (Å²) in [6.45, 7) is 0. The Morgan fingerprint density at radius 3 is 2.40 bits per heavy atom. The van der Waals surface area contributed by atoms with Crippen LogP contribution in [0.25, 0.3) is 6.08 Å². The minimum atomic E-state index is -4.75. The molecule has 1 saturated heterocycles. The van der Waals surface area contributed by atoms with E-state index in [0.29, 0.717) is 32.7 Å². The van der Waals surface area contributed by atoms with Crippen LogP contribution in [-0.2, 0) is 11.0 Å². The lowest BCUT2D eigenvalue weighted by molar-refractivity contribution is -0.385. The van der Waals surface area contributed by atoms with Crippen molar-refractivity contribution in [3.8, 4) is 11.5 Å². The van der Waals surface area contributed by atoms with Gasteiger partial charge in [-0.2, -0.15) is 13.2 Å². The first kappa shape index (κ1) is 24.7. The predicted molar refractivity (Wildman–Crippen MR) is 132 cm³/mol. The summed E-state index contributed by atoms with van der Waals surface area (Å²) < 4.78 is 44.9. The number of hydrogen-bond acceptors (Lipinski definition) is 6. The van der Waals surface area contributed by atoms with Gasteiger partial charge in [-0.1, -0.05) is 53.8 Å². The molecule has 3 aromatic carbocycles. The Hall–Kier alpha value is -3.41. The first-order valence-electron chi connectivity index (χ1n) is 9.70. The Bertz CT molecular complexity index is 1380. The predicted octanol–water partition coefficient (Wildman–Crippen LogP) is 7.47. The lowest BCUT2D eigenvalue weighted by atomic mass is 10.1. The van der Waals surface area contributed by atoms with Gasteiger partial charge in [-0.25, -0.2) is 0 Å². The van der Waals surface area contributed by atoms with Crippen molar-refractivity contribution in [2.75, 3.05) is 4.90 Å². The van der Waals surface area contributed by atoms with Gasteiger partial charge in [0.15, 0.2) is 4.32 Å². The average Bonchev–Trinajstić information content (AvgIpc) is 3.08. The highest BCUT2D eigenvalue weighted by Gasteiger charge is 2.35. The topological polar surface area (TPSA) is 72.7 Å². The second kappa shape index (κ2) is 9.68. The molecule has 4 rings (SSSR count). The van der Waals surface area contributed by atoms with E-state index in [-0.39, 0.29) is 16.4 Å². The van der Waals surface area contributed by atoms with Gasteiger partial charge in [-0.05, 0) is 48.5 Å². The van der Waals surface area contributed by atoms with Crippen LogP contribution in [0.15, 0.2) is 71.6 Å². The smallest absolute Gasteiger partial charge is 0.416 e. The van der Waals surface area contributed by atoms with Crippen molar-refractivity contribution < 1.29 is 27.6 Å². The molecule has 0 saturated carbocycles. The van der Waals surface area contributed by atoms with Crippen LogP contribution in [0.1, 0.15) is 11.1 Å². The number of anilines is 1. The molecule has 0 unspecified atom stereocenters. The third-order valence-electron chi connectivity index (χ3n) is 4.79. The van der Waals surface area contributed by atoms with Crippen LogP contribution >= 0.6 is 35.6 Å². The number of carbonyl (C=O) groups is 1. The number of para-hydroxylation sites is 1. The summed E-state index contributed by atoms with van der Waals surface area (Å²) in [5.41, 5.74) is -1.11. The van der Waals surface area contributed by atoms with Crippen molar-refractivity contribution in [3.05, 3.63) is 97.9 Å². The molecule has 0 N–H and O–H groups in total. The van der Waals surface area contributed by atoms with Gasteiger partial charge in [-0.15, -0.1) is 0 Å². The zero-order valence-corrected chi connectivity index (χ0v) is 19.7. The number of nitro groups is 1. The highest BCUT2D eigenvalue weighted by molar-refractivity contribution is 8.27. The molecule has 3 aromatic rings. The van der Waals surface area contributed by atoms with Crippen LogP contribution in [0.2, 0.25) is 5.02 Å². The maximum absolute atomic E-state index is 13.0. The number of carbonyl (C=O) groups excluding carboxylic acids is 1. The fourth-order valence-corrected chi connectivity index (χ4v) is 4.57. The lowest BCUT2D eigenvalue weighted by Crippen LogP contribution is -2.27. The zero-order valence-electron chi connectivity index (χ0n) is 17.3. The highest BCUT2D eigenvalue weighted by atomic mass is 35.5. The van der Waals surface area contributed by atoms with E-state index in [9.17, 15) is 28.1 Å². The summed E-state index contributed by atoms with van der Waals surface area (Å²) in [4.78, 5) is 25.1. The molecule has 35 heavy (non-hydrogen) atoms. The van der Waals surface area contributed by atoms with E-state index in [1.54, 1.807) is 42.5 Å². The molecule has 0 aromatic heterocycles. The van der Waals surface area contributed by atoms with Gasteiger partial charge in [0.1, 0.15) is 5.75 Å². The second-order valence-electron chi connectivity index (χ2n) is 7.07. The number of halogens is 4. The van der Waals surface area contributed by atoms with Crippen LogP contribution in [0.5, 0.6) is 11.5 Å². The molecule has 1 aliphatic heterocycles. The number of thiocarbonyl (C=S) groups is 1. The molecule has 0 radical (unpaired) electrons. The molecule has 12 heteroatoms. The van der Waals surface area contributed by atoms with E-state index in [0.717, 1.165) is 17.8 Å². The van der Waals surface area contributed by atoms with Crippen molar-refractivity contribution in [3.63, 3.8) is 0 Å². The van der Waals surface area contributed by atoms with Crippen molar-refractivity contribution in [1.82, 2.24) is 0 Å². The van der Waals surface area contributed by atoms with E-state index in [1.807, 2.05) is 0 Å². The maximum atomic E-state index is 13.0. The Morgan fingerprint density at radius 2 is 1.74 bits per heavy atom. The Labute approximate surface area is 211 Å². The number of alkyl halides is 3. The molecule has 1 amide bonds. The molecular weight excluding hydrogens is 525 g/mol. The van der Waals surface area contributed by atoms with E-state index in [4.69, 9.17) is 28.6 Å². The third kappa shape index (κ3) is 5.31. The third-order valence-corrected chi connectivity index (χ3v) is 6.34. The van der Waals surface area contributed by atoms with Crippen LogP contribution < -0.4 is 9.64 Å². The summed E-state index contributed by atoms with van der Waals surface area (Å²) >= 11 is 12.3. The summed E-state index contributed by atoms with van der Waals surface area (Å²) in [6.07, 6.45) is -3.25. The largest absolute Gasteiger partial charge is 0.449 e. The summed E-state index contributed by atoms with van der Waals surface area (Å²) in [7, 11) is 0. The monoisotopic (exact) mass is 536 g/mol. The van der Waals surface area contributed by atoms with Gasteiger partial charge < -0.3 is 4.74 Å².